The first-order valence-electron chi connectivity index (χ1n) is 10.1. The number of anilines is 1. The van der Waals surface area contributed by atoms with Gasteiger partial charge in [0.1, 0.15) is 0 Å². The van der Waals surface area contributed by atoms with E-state index in [2.05, 4.69) is 26.1 Å². The lowest BCUT2D eigenvalue weighted by atomic mass is 9.97. The van der Waals surface area contributed by atoms with Gasteiger partial charge in [-0.05, 0) is 45.8 Å². The molecule has 10 heteroatoms. The molecule has 3 aromatic rings. The van der Waals surface area contributed by atoms with Crippen molar-refractivity contribution in [1.82, 2.24) is 10.2 Å². The Kier molecular flexibility index (Phi) is 6.13. The molecule has 2 N–H and O–H groups in total. The maximum atomic E-state index is 13.1. The summed E-state index contributed by atoms with van der Waals surface area (Å²) in [5.41, 5.74) is 8.07. The lowest BCUT2D eigenvalue weighted by Crippen LogP contribution is -2.39. The molecule has 0 saturated heterocycles. The number of fused-ring (bicyclic) bond motifs is 1. The number of benzene rings is 2. The first-order chi connectivity index (χ1) is 14.9. The summed E-state index contributed by atoms with van der Waals surface area (Å²) >= 11 is 9.52. The highest BCUT2D eigenvalue weighted by Crippen LogP contribution is 2.39. The van der Waals surface area contributed by atoms with Crippen LogP contribution in [0, 0.1) is 0 Å². The second-order valence-electron chi connectivity index (χ2n) is 9.01. The summed E-state index contributed by atoms with van der Waals surface area (Å²) in [6, 6.07) is 10.3. The molecule has 0 spiro atoms. The van der Waals surface area contributed by atoms with Gasteiger partial charge in [-0.25, -0.2) is 8.42 Å². The molecule has 2 heterocycles. The fourth-order valence-electron chi connectivity index (χ4n) is 3.60. The second-order valence-corrected chi connectivity index (χ2v) is 12.3. The number of nitrogens with zero attached hydrogens (tertiary/aromatic N) is 3. The van der Waals surface area contributed by atoms with Gasteiger partial charge in [0, 0.05) is 34.0 Å². The van der Waals surface area contributed by atoms with Gasteiger partial charge in [0.2, 0.25) is 11.8 Å². The zero-order valence-corrected chi connectivity index (χ0v) is 21.1. The van der Waals surface area contributed by atoms with Crippen LogP contribution in [0.1, 0.15) is 32.2 Å². The van der Waals surface area contributed by atoms with Crippen molar-refractivity contribution in [2.75, 3.05) is 17.2 Å². The van der Waals surface area contributed by atoms with E-state index in [1.54, 1.807) is 12.1 Å². The van der Waals surface area contributed by atoms with E-state index >= 15 is 0 Å². The number of hydrogen-bond acceptors (Lipinski definition) is 7. The molecule has 4 rings (SSSR count). The van der Waals surface area contributed by atoms with Crippen molar-refractivity contribution >= 4 is 43.1 Å². The van der Waals surface area contributed by atoms with Crippen LogP contribution in [0.2, 0.25) is 5.02 Å². The molecule has 1 aliphatic heterocycles. The van der Waals surface area contributed by atoms with Crippen LogP contribution in [0.4, 0.5) is 5.69 Å². The van der Waals surface area contributed by atoms with Crippen LogP contribution in [-0.4, -0.2) is 37.0 Å². The lowest BCUT2D eigenvalue weighted by molar-refractivity contribution is 0.399. The molecule has 1 atom stereocenters. The summed E-state index contributed by atoms with van der Waals surface area (Å²) in [5.74, 6) is 0.696. The maximum Gasteiger partial charge on any atom is 0.248 e. The monoisotopic (exact) mass is 538 g/mol. The van der Waals surface area contributed by atoms with Crippen molar-refractivity contribution in [1.29, 1.82) is 0 Å². The maximum absolute atomic E-state index is 13.1. The Morgan fingerprint density at radius 2 is 1.91 bits per heavy atom. The number of halogens is 2. The van der Waals surface area contributed by atoms with Gasteiger partial charge in [0.05, 0.1) is 21.9 Å². The van der Waals surface area contributed by atoms with Crippen molar-refractivity contribution < 1.29 is 12.8 Å². The molecule has 0 bridgehead atoms. The third kappa shape index (κ3) is 4.71. The molecule has 2 aromatic carbocycles. The molecule has 0 saturated carbocycles. The van der Waals surface area contributed by atoms with Crippen molar-refractivity contribution in [3.05, 3.63) is 57.3 Å². The Hall–Kier alpha value is -1.94. The van der Waals surface area contributed by atoms with Crippen molar-refractivity contribution in [2.24, 2.45) is 5.73 Å². The SMILES string of the molecule is CC(C)(C)c1nnc(-c2cc3c(cc2Br)S(=O)(=O)C[C@H](N)CN3Cc2ccc(Cl)cc2)o1. The molecule has 0 amide bonds. The molecule has 0 radical (unpaired) electrons. The average Bonchev–Trinajstić information content (AvgIpc) is 3.16. The summed E-state index contributed by atoms with van der Waals surface area (Å²) < 4.78 is 32.6. The van der Waals surface area contributed by atoms with Crippen LogP contribution in [-0.2, 0) is 21.8 Å². The largest absolute Gasteiger partial charge is 0.420 e. The normalized spacial score (nSPS) is 18.3. The summed E-state index contributed by atoms with van der Waals surface area (Å²) in [7, 11) is -3.58. The second kappa shape index (κ2) is 8.44. The van der Waals surface area contributed by atoms with Gasteiger partial charge < -0.3 is 15.1 Å². The van der Waals surface area contributed by atoms with E-state index in [1.807, 2.05) is 49.9 Å². The van der Waals surface area contributed by atoms with Gasteiger partial charge in [-0.3, -0.25) is 0 Å². The molecule has 7 nitrogen and oxygen atoms in total. The number of sulfone groups is 1. The summed E-state index contributed by atoms with van der Waals surface area (Å²) in [5, 5.41) is 9.01. The summed E-state index contributed by atoms with van der Waals surface area (Å²) in [6.07, 6.45) is 0. The van der Waals surface area contributed by atoms with E-state index in [4.69, 9.17) is 21.8 Å². The minimum absolute atomic E-state index is 0.127. The van der Waals surface area contributed by atoms with E-state index in [0.717, 1.165) is 5.56 Å². The van der Waals surface area contributed by atoms with E-state index in [0.29, 0.717) is 45.6 Å². The van der Waals surface area contributed by atoms with Crippen LogP contribution in [0.25, 0.3) is 11.5 Å². The Labute approximate surface area is 201 Å². The fraction of sp³-hybridized carbons (Fsp3) is 0.364. The van der Waals surface area contributed by atoms with Crippen molar-refractivity contribution in [2.45, 2.75) is 43.7 Å². The smallest absolute Gasteiger partial charge is 0.248 e. The molecule has 32 heavy (non-hydrogen) atoms. The van der Waals surface area contributed by atoms with Crippen LogP contribution in [0.5, 0.6) is 0 Å². The predicted octanol–water partition coefficient (Wildman–Crippen LogP) is 4.57. The minimum atomic E-state index is -3.58. The first-order valence-corrected chi connectivity index (χ1v) is 12.9. The highest BCUT2D eigenvalue weighted by atomic mass is 79.9. The number of aromatic nitrogens is 2. The molecule has 0 unspecified atom stereocenters. The zero-order chi connectivity index (χ0) is 23.3. The summed E-state index contributed by atoms with van der Waals surface area (Å²) in [4.78, 5) is 2.20. The third-order valence-electron chi connectivity index (χ3n) is 5.20. The highest BCUT2D eigenvalue weighted by Gasteiger charge is 2.32. The standard InChI is InChI=1S/C22H24BrClN4O3S/c1-22(2,3)21-27-26-20(31-21)16-8-18-19(9-17(16)23)32(29,30)12-15(25)11-28(18)10-13-4-6-14(24)7-5-13/h4-9,15H,10-12,25H2,1-3H3/t15-/m1/s1. The predicted molar refractivity (Wildman–Crippen MR) is 129 cm³/mol. The lowest BCUT2D eigenvalue weighted by Gasteiger charge is -2.26. The van der Waals surface area contributed by atoms with Gasteiger partial charge in [-0.2, -0.15) is 0 Å². The Bertz CT molecular complexity index is 1250. The first kappa shape index (κ1) is 23.2. The van der Waals surface area contributed by atoms with E-state index < -0.39 is 15.9 Å². The Morgan fingerprint density at radius 3 is 2.53 bits per heavy atom. The van der Waals surface area contributed by atoms with Crippen molar-refractivity contribution in [3.8, 4) is 11.5 Å². The van der Waals surface area contributed by atoms with Gasteiger partial charge >= 0.3 is 0 Å². The van der Waals surface area contributed by atoms with Crippen molar-refractivity contribution in [3.63, 3.8) is 0 Å². The van der Waals surface area contributed by atoms with Gasteiger partial charge in [-0.1, -0.05) is 44.5 Å². The Morgan fingerprint density at radius 1 is 1.22 bits per heavy atom. The van der Waals surface area contributed by atoms with Gasteiger partial charge in [0.25, 0.3) is 0 Å². The van der Waals surface area contributed by atoms with Crippen LogP contribution < -0.4 is 10.6 Å². The average molecular weight is 540 g/mol. The topological polar surface area (TPSA) is 102 Å². The van der Waals surface area contributed by atoms with E-state index in [-0.39, 0.29) is 16.1 Å². The minimum Gasteiger partial charge on any atom is -0.420 e. The highest BCUT2D eigenvalue weighted by molar-refractivity contribution is 9.10. The molecule has 0 aliphatic carbocycles. The molecular formula is C22H24BrClN4O3S. The number of nitrogens with two attached hydrogens (primary N) is 1. The third-order valence-corrected chi connectivity index (χ3v) is 7.97. The fourth-order valence-corrected chi connectivity index (χ4v) is 6.05. The molecule has 1 aromatic heterocycles. The Balaban J connectivity index is 1.84. The zero-order valence-electron chi connectivity index (χ0n) is 18.0. The molecule has 170 valence electrons. The van der Waals surface area contributed by atoms with Gasteiger partial charge in [-0.15, -0.1) is 10.2 Å². The molecular weight excluding hydrogens is 516 g/mol. The molecule has 0 fully saturated rings. The van der Waals surface area contributed by atoms with Gasteiger partial charge in [0.15, 0.2) is 9.84 Å². The quantitative estimate of drug-likeness (QED) is 0.520. The number of hydrogen-bond donors (Lipinski definition) is 1. The molecule has 1 aliphatic rings. The van der Waals surface area contributed by atoms with E-state index in [1.165, 1.54) is 0 Å². The van der Waals surface area contributed by atoms with Crippen LogP contribution >= 0.6 is 27.5 Å². The van der Waals surface area contributed by atoms with Crippen LogP contribution in [0.3, 0.4) is 0 Å². The summed E-state index contributed by atoms with van der Waals surface area (Å²) in [6.45, 7) is 6.81. The van der Waals surface area contributed by atoms with Crippen LogP contribution in [0.15, 0.2) is 50.2 Å². The van der Waals surface area contributed by atoms with E-state index in [9.17, 15) is 8.42 Å². The number of rotatable bonds is 3.